The number of carbonyl (C=O) groups excluding carboxylic acids is 2. The minimum absolute atomic E-state index is 0.106. The van der Waals surface area contributed by atoms with Gasteiger partial charge in [-0.05, 0) is 39.9 Å². The topological polar surface area (TPSA) is 108 Å². The number of esters is 1. The van der Waals surface area contributed by atoms with E-state index in [1.807, 2.05) is 66.7 Å². The van der Waals surface area contributed by atoms with E-state index in [0.29, 0.717) is 0 Å². The van der Waals surface area contributed by atoms with Crippen molar-refractivity contribution >= 4 is 17.7 Å². The summed E-state index contributed by atoms with van der Waals surface area (Å²) in [5.74, 6) is -0.697. The predicted molar refractivity (Wildman–Crippen MR) is 141 cm³/mol. The van der Waals surface area contributed by atoms with Crippen LogP contribution in [-0.4, -0.2) is 29.6 Å². The molecule has 0 heterocycles. The number of nitrogens with zero attached hydrogens (tertiary/aromatic N) is 1. The lowest BCUT2D eigenvalue weighted by atomic mass is 9.98. The molecular weight excluding hydrogens is 484 g/mol. The number of hydrogen-bond acceptors (Lipinski definition) is 6. The predicted octanol–water partition coefficient (Wildman–Crippen LogP) is 5.65. The van der Waals surface area contributed by atoms with Crippen molar-refractivity contribution in [2.24, 2.45) is 0 Å². The largest absolute Gasteiger partial charge is 0.449 e. The van der Waals surface area contributed by atoms with Gasteiger partial charge in [-0.15, -0.1) is 0 Å². The minimum atomic E-state index is -1.04. The number of benzene rings is 4. The Morgan fingerprint density at radius 1 is 0.816 bits per heavy atom. The number of hydrogen-bond donors (Lipinski definition) is 1. The van der Waals surface area contributed by atoms with Crippen molar-refractivity contribution in [2.45, 2.75) is 18.4 Å². The molecule has 1 aliphatic rings. The van der Waals surface area contributed by atoms with Gasteiger partial charge >= 0.3 is 12.1 Å². The van der Waals surface area contributed by atoms with Gasteiger partial charge in [0.05, 0.1) is 4.92 Å². The summed E-state index contributed by atoms with van der Waals surface area (Å²) in [6.45, 7) is 0.106. The van der Waals surface area contributed by atoms with Gasteiger partial charge in [-0.1, -0.05) is 78.9 Å². The zero-order valence-corrected chi connectivity index (χ0v) is 20.3. The summed E-state index contributed by atoms with van der Waals surface area (Å²) in [6, 6.07) is 29.4. The van der Waals surface area contributed by atoms with Gasteiger partial charge in [0.1, 0.15) is 18.4 Å². The van der Waals surface area contributed by atoms with Crippen LogP contribution in [0.2, 0.25) is 0 Å². The van der Waals surface area contributed by atoms with E-state index in [1.165, 1.54) is 24.3 Å². The number of fused-ring (bicyclic) bond motifs is 3. The molecule has 0 radical (unpaired) electrons. The third-order valence-corrected chi connectivity index (χ3v) is 6.47. The van der Waals surface area contributed by atoms with Crippen LogP contribution in [-0.2, 0) is 16.0 Å². The van der Waals surface area contributed by atoms with Crippen molar-refractivity contribution in [3.8, 4) is 16.9 Å². The molecule has 1 aliphatic carbocycles. The molecule has 1 atom stereocenters. The summed E-state index contributed by atoms with van der Waals surface area (Å²) < 4.78 is 11.0. The number of nitro benzene ring substituents is 1. The van der Waals surface area contributed by atoms with Crippen molar-refractivity contribution in [3.05, 3.63) is 130 Å². The minimum Gasteiger partial charge on any atom is -0.449 e. The number of carbonyl (C=O) groups is 2. The fourth-order valence-electron chi connectivity index (χ4n) is 4.65. The molecule has 0 unspecified atom stereocenters. The van der Waals surface area contributed by atoms with Gasteiger partial charge in [0.15, 0.2) is 0 Å². The molecule has 1 N–H and O–H groups in total. The first-order chi connectivity index (χ1) is 18.5. The van der Waals surface area contributed by atoms with Gasteiger partial charge in [0.2, 0.25) is 0 Å². The average Bonchev–Trinajstić information content (AvgIpc) is 3.26. The van der Waals surface area contributed by atoms with Crippen LogP contribution in [0.1, 0.15) is 22.6 Å². The monoisotopic (exact) mass is 508 g/mol. The second-order valence-corrected chi connectivity index (χ2v) is 8.88. The summed E-state index contributed by atoms with van der Waals surface area (Å²) in [5.41, 5.74) is 5.09. The molecule has 4 aromatic rings. The third kappa shape index (κ3) is 5.39. The van der Waals surface area contributed by atoms with Crippen LogP contribution in [0.4, 0.5) is 10.5 Å². The van der Waals surface area contributed by atoms with Crippen molar-refractivity contribution in [2.75, 3.05) is 6.61 Å². The highest BCUT2D eigenvalue weighted by atomic mass is 16.6. The fourth-order valence-corrected chi connectivity index (χ4v) is 4.65. The first-order valence-electron chi connectivity index (χ1n) is 12.1. The fraction of sp³-hybridized carbons (Fsp3) is 0.133. The normalized spacial score (nSPS) is 12.6. The molecule has 38 heavy (non-hydrogen) atoms. The van der Waals surface area contributed by atoms with Crippen LogP contribution in [0.5, 0.6) is 5.75 Å². The number of rotatable bonds is 8. The van der Waals surface area contributed by atoms with Crippen molar-refractivity contribution < 1.29 is 24.0 Å². The molecule has 8 heteroatoms. The van der Waals surface area contributed by atoms with E-state index < -0.39 is 23.0 Å². The quantitative estimate of drug-likeness (QED) is 0.143. The lowest BCUT2D eigenvalue weighted by Crippen LogP contribution is -2.45. The van der Waals surface area contributed by atoms with E-state index in [2.05, 4.69) is 17.4 Å². The number of non-ortho nitro benzene ring substituents is 1. The Morgan fingerprint density at radius 3 is 2.00 bits per heavy atom. The highest BCUT2D eigenvalue weighted by molar-refractivity contribution is 5.83. The highest BCUT2D eigenvalue weighted by Crippen LogP contribution is 2.44. The summed E-state index contributed by atoms with van der Waals surface area (Å²) in [6.07, 6.45) is -0.565. The maximum absolute atomic E-state index is 13.0. The van der Waals surface area contributed by atoms with Crippen molar-refractivity contribution in [1.82, 2.24) is 5.32 Å². The summed E-state index contributed by atoms with van der Waals surface area (Å²) >= 11 is 0. The lowest BCUT2D eigenvalue weighted by Gasteiger charge is -2.19. The van der Waals surface area contributed by atoms with Gasteiger partial charge in [0.25, 0.3) is 5.69 Å². The Labute approximate surface area is 219 Å². The Morgan fingerprint density at radius 2 is 1.39 bits per heavy atom. The van der Waals surface area contributed by atoms with E-state index >= 15 is 0 Å². The number of alkyl carbamates (subject to hydrolysis) is 1. The molecule has 1 amide bonds. The van der Waals surface area contributed by atoms with E-state index in [4.69, 9.17) is 9.47 Å². The van der Waals surface area contributed by atoms with E-state index in [9.17, 15) is 19.7 Å². The van der Waals surface area contributed by atoms with Crippen molar-refractivity contribution in [1.29, 1.82) is 0 Å². The average molecular weight is 509 g/mol. The first-order valence-corrected chi connectivity index (χ1v) is 12.1. The summed E-state index contributed by atoms with van der Waals surface area (Å²) in [7, 11) is 0. The molecule has 0 spiro atoms. The number of nitrogens with one attached hydrogen (secondary N) is 1. The van der Waals surface area contributed by atoms with Gasteiger partial charge < -0.3 is 14.8 Å². The molecule has 0 aromatic heterocycles. The second kappa shape index (κ2) is 11.0. The van der Waals surface area contributed by atoms with Gasteiger partial charge in [0, 0.05) is 24.5 Å². The highest BCUT2D eigenvalue weighted by Gasteiger charge is 2.30. The summed E-state index contributed by atoms with van der Waals surface area (Å²) in [4.78, 5) is 36.3. The molecule has 5 rings (SSSR count). The van der Waals surface area contributed by atoms with Crippen molar-refractivity contribution in [3.63, 3.8) is 0 Å². The molecule has 0 fully saturated rings. The van der Waals surface area contributed by atoms with Crippen LogP contribution in [0, 0.1) is 10.1 Å². The second-order valence-electron chi connectivity index (χ2n) is 8.88. The van der Waals surface area contributed by atoms with Gasteiger partial charge in [-0.2, -0.15) is 0 Å². The molecule has 4 aromatic carbocycles. The number of nitro groups is 1. The maximum atomic E-state index is 13.0. The lowest BCUT2D eigenvalue weighted by molar-refractivity contribution is -0.384. The first kappa shape index (κ1) is 24.7. The smallest absolute Gasteiger partial charge is 0.407 e. The molecule has 190 valence electrons. The molecule has 0 saturated carbocycles. The number of ether oxygens (including phenoxy) is 2. The van der Waals surface area contributed by atoms with Gasteiger partial charge in [-0.25, -0.2) is 9.59 Å². The van der Waals surface area contributed by atoms with E-state index in [0.717, 1.165) is 27.8 Å². The van der Waals surface area contributed by atoms with Crippen LogP contribution in [0.25, 0.3) is 11.1 Å². The van der Waals surface area contributed by atoms with E-state index in [-0.39, 0.29) is 30.4 Å². The van der Waals surface area contributed by atoms with Crippen LogP contribution >= 0.6 is 0 Å². The Bertz CT molecular complexity index is 1420. The Balaban J connectivity index is 1.28. The molecule has 0 saturated heterocycles. The Hall–Kier alpha value is -4.98. The molecule has 0 bridgehead atoms. The maximum Gasteiger partial charge on any atom is 0.407 e. The van der Waals surface area contributed by atoms with Crippen LogP contribution < -0.4 is 10.1 Å². The zero-order valence-electron chi connectivity index (χ0n) is 20.3. The van der Waals surface area contributed by atoms with E-state index in [1.54, 1.807) is 0 Å². The SMILES string of the molecule is O=C(N[C@@H](Cc1ccccc1)C(=O)Oc1ccc([N+](=O)[O-])cc1)OCC1c2ccccc2-c2ccccc21. The zero-order chi connectivity index (χ0) is 26.5. The molecule has 8 nitrogen and oxygen atoms in total. The number of amides is 1. The van der Waals surface area contributed by atoms with Crippen LogP contribution in [0.3, 0.4) is 0 Å². The standard InChI is InChI=1S/C30H24N2O6/c33-29(38-22-16-14-21(15-17-22)32(35)36)28(18-20-8-2-1-3-9-20)31-30(34)37-19-27-25-12-6-4-10-23(25)24-11-5-7-13-26(24)27/h1-17,27-28H,18-19H2,(H,31,34)/t28-/m0/s1. The summed E-state index contributed by atoms with van der Waals surface area (Å²) in [5, 5.41) is 13.5. The van der Waals surface area contributed by atoms with Crippen LogP contribution in [0.15, 0.2) is 103 Å². The Kier molecular flexibility index (Phi) is 7.13. The van der Waals surface area contributed by atoms with Gasteiger partial charge in [-0.3, -0.25) is 10.1 Å². The third-order valence-electron chi connectivity index (χ3n) is 6.47. The molecule has 0 aliphatic heterocycles. The molecular formula is C30H24N2O6.